The van der Waals surface area contributed by atoms with Crippen LogP contribution < -0.4 is 4.90 Å². The smallest absolute Gasteiger partial charge is 0.0713 e. The molecule has 0 bridgehead atoms. The van der Waals surface area contributed by atoms with Gasteiger partial charge in [-0.25, -0.2) is 0 Å². The van der Waals surface area contributed by atoms with E-state index in [1.807, 2.05) is 0 Å². The van der Waals surface area contributed by atoms with Crippen molar-refractivity contribution in [3.8, 4) is 11.1 Å². The molecule has 0 N–H and O–H groups in total. The van der Waals surface area contributed by atoms with Crippen molar-refractivity contribution in [2.24, 2.45) is 0 Å². The van der Waals surface area contributed by atoms with Crippen molar-refractivity contribution in [2.75, 3.05) is 4.90 Å². The van der Waals surface area contributed by atoms with E-state index in [0.717, 1.165) is 17.1 Å². The normalized spacial score (nSPS) is 13.0. The number of hydrogen-bond donors (Lipinski definition) is 0. The monoisotopic (exact) mass is 535 g/mol. The second-order valence-electron chi connectivity index (χ2n) is 11.0. The first-order valence-electron chi connectivity index (χ1n) is 14.5. The van der Waals surface area contributed by atoms with E-state index in [-0.39, 0.29) is 5.41 Å². The van der Waals surface area contributed by atoms with Crippen LogP contribution >= 0.6 is 0 Å². The topological polar surface area (TPSA) is 3.24 Å². The van der Waals surface area contributed by atoms with E-state index in [1.54, 1.807) is 0 Å². The fraction of sp³-hybridized carbons (Fsp3) is 0.0244. The van der Waals surface area contributed by atoms with Crippen molar-refractivity contribution >= 4 is 27.8 Å². The lowest BCUT2D eigenvalue weighted by Gasteiger charge is -2.34. The molecule has 0 heterocycles. The van der Waals surface area contributed by atoms with Crippen LogP contribution in [0.2, 0.25) is 0 Å². The lowest BCUT2D eigenvalue weighted by Crippen LogP contribution is -2.28. The molecule has 0 saturated heterocycles. The Morgan fingerprint density at radius 1 is 0.333 bits per heavy atom. The molecule has 7 aromatic rings. The van der Waals surface area contributed by atoms with Crippen LogP contribution in [0.1, 0.15) is 22.3 Å². The van der Waals surface area contributed by atoms with Crippen molar-refractivity contribution in [3.05, 3.63) is 198 Å². The van der Waals surface area contributed by atoms with Gasteiger partial charge in [0, 0.05) is 17.1 Å². The lowest BCUT2D eigenvalue weighted by molar-refractivity contribution is 0.769. The fourth-order valence-electron chi connectivity index (χ4n) is 6.91. The molecule has 0 atom stereocenters. The van der Waals surface area contributed by atoms with Gasteiger partial charge in [0.25, 0.3) is 0 Å². The van der Waals surface area contributed by atoms with Gasteiger partial charge in [-0.05, 0) is 92.7 Å². The maximum Gasteiger partial charge on any atom is 0.0713 e. The minimum Gasteiger partial charge on any atom is -0.310 e. The number of hydrogen-bond acceptors (Lipinski definition) is 1. The molecular formula is C41H29N. The maximum atomic E-state index is 2.43. The van der Waals surface area contributed by atoms with Crippen molar-refractivity contribution in [2.45, 2.75) is 5.41 Å². The zero-order chi connectivity index (χ0) is 27.9. The predicted octanol–water partition coefficient (Wildman–Crippen LogP) is 10.7. The zero-order valence-corrected chi connectivity index (χ0v) is 23.2. The fourth-order valence-corrected chi connectivity index (χ4v) is 6.91. The Morgan fingerprint density at radius 2 is 0.857 bits per heavy atom. The molecule has 1 aliphatic carbocycles. The number of fused-ring (bicyclic) bond motifs is 4. The Balaban J connectivity index is 1.39. The van der Waals surface area contributed by atoms with Crippen LogP contribution in [0.15, 0.2) is 176 Å². The molecule has 42 heavy (non-hydrogen) atoms. The van der Waals surface area contributed by atoms with E-state index in [9.17, 15) is 0 Å². The number of nitrogens with zero attached hydrogens (tertiary/aromatic N) is 1. The third-order valence-electron chi connectivity index (χ3n) is 8.69. The highest BCUT2D eigenvalue weighted by Crippen LogP contribution is 2.57. The Labute approximate surface area is 247 Å². The molecule has 0 spiro atoms. The molecule has 198 valence electrons. The van der Waals surface area contributed by atoms with Crippen LogP contribution in [0.25, 0.3) is 21.9 Å². The lowest BCUT2D eigenvalue weighted by atomic mass is 9.67. The average Bonchev–Trinajstić information content (AvgIpc) is 3.35. The molecule has 1 aliphatic rings. The van der Waals surface area contributed by atoms with Gasteiger partial charge in [0.05, 0.1) is 5.41 Å². The summed E-state index contributed by atoms with van der Waals surface area (Å²) in [5.74, 6) is 0. The van der Waals surface area contributed by atoms with E-state index in [4.69, 9.17) is 0 Å². The highest BCUT2D eigenvalue weighted by molar-refractivity contribution is 5.98. The number of anilines is 3. The highest BCUT2D eigenvalue weighted by atomic mass is 15.1. The van der Waals surface area contributed by atoms with Crippen LogP contribution in [0, 0.1) is 0 Å². The van der Waals surface area contributed by atoms with Gasteiger partial charge in [0.2, 0.25) is 0 Å². The SMILES string of the molecule is c1ccc(N(c2ccccc2)c2ccc3cc4c(cc3c2)-c2ccccc2C4(c2ccccc2)c2ccccc2)cc1. The van der Waals surface area contributed by atoms with Crippen LogP contribution in [-0.2, 0) is 5.41 Å². The summed E-state index contributed by atoms with van der Waals surface area (Å²) in [5, 5.41) is 2.47. The molecule has 0 amide bonds. The largest absolute Gasteiger partial charge is 0.310 e. The Kier molecular flexibility index (Phi) is 5.75. The van der Waals surface area contributed by atoms with Gasteiger partial charge in [-0.15, -0.1) is 0 Å². The zero-order valence-electron chi connectivity index (χ0n) is 23.2. The molecule has 7 aromatic carbocycles. The molecule has 8 rings (SSSR count). The van der Waals surface area contributed by atoms with Gasteiger partial charge in [0.1, 0.15) is 0 Å². The summed E-state index contributed by atoms with van der Waals surface area (Å²) < 4.78 is 0. The van der Waals surface area contributed by atoms with E-state index < -0.39 is 0 Å². The second-order valence-corrected chi connectivity index (χ2v) is 11.0. The van der Waals surface area contributed by atoms with Crippen molar-refractivity contribution < 1.29 is 0 Å². The second kappa shape index (κ2) is 9.90. The molecule has 0 unspecified atom stereocenters. The van der Waals surface area contributed by atoms with E-state index in [1.165, 1.54) is 44.2 Å². The molecule has 0 saturated carbocycles. The summed E-state index contributed by atoms with van der Waals surface area (Å²) in [6.45, 7) is 0. The predicted molar refractivity (Wildman–Crippen MR) is 176 cm³/mol. The van der Waals surface area contributed by atoms with E-state index in [2.05, 4.69) is 181 Å². The summed E-state index contributed by atoms with van der Waals surface area (Å²) in [4.78, 5) is 2.33. The van der Waals surface area contributed by atoms with E-state index in [0.29, 0.717) is 0 Å². The Hall–Kier alpha value is -5.40. The molecule has 0 radical (unpaired) electrons. The summed E-state index contributed by atoms with van der Waals surface area (Å²) in [6, 6.07) is 63.9. The molecule has 0 aliphatic heterocycles. The number of benzene rings is 7. The van der Waals surface area contributed by atoms with Crippen molar-refractivity contribution in [1.29, 1.82) is 0 Å². The third kappa shape index (κ3) is 3.71. The van der Waals surface area contributed by atoms with Crippen molar-refractivity contribution in [1.82, 2.24) is 0 Å². The molecule has 1 heteroatoms. The Bertz CT molecular complexity index is 1930. The minimum absolute atomic E-state index is 0.387. The average molecular weight is 536 g/mol. The quantitative estimate of drug-likeness (QED) is 0.212. The van der Waals surface area contributed by atoms with Gasteiger partial charge in [0.15, 0.2) is 0 Å². The molecule has 0 aromatic heterocycles. The van der Waals surface area contributed by atoms with Gasteiger partial charge in [-0.2, -0.15) is 0 Å². The highest BCUT2D eigenvalue weighted by Gasteiger charge is 2.46. The summed E-state index contributed by atoms with van der Waals surface area (Å²) in [7, 11) is 0. The first-order valence-corrected chi connectivity index (χ1v) is 14.5. The first-order chi connectivity index (χ1) is 20.8. The first kappa shape index (κ1) is 24.4. The van der Waals surface area contributed by atoms with Crippen LogP contribution in [0.5, 0.6) is 0 Å². The molecular weight excluding hydrogens is 506 g/mol. The summed E-state index contributed by atoms with van der Waals surface area (Å²) >= 11 is 0. The number of para-hydroxylation sites is 2. The standard InChI is InChI=1S/C41H29N/c1-5-15-32(16-6-1)41(33-17-7-2-8-18-33)39-24-14-13-23-37(39)38-28-31-27-36(26-25-30(31)29-40(38)41)42(34-19-9-3-10-20-34)35-21-11-4-12-22-35/h1-29H. The van der Waals surface area contributed by atoms with Crippen LogP contribution in [0.4, 0.5) is 17.1 Å². The maximum absolute atomic E-state index is 2.43. The molecule has 0 fully saturated rings. The van der Waals surface area contributed by atoms with E-state index >= 15 is 0 Å². The van der Waals surface area contributed by atoms with Gasteiger partial charge in [-0.1, -0.05) is 127 Å². The van der Waals surface area contributed by atoms with Gasteiger partial charge < -0.3 is 4.90 Å². The minimum atomic E-state index is -0.387. The van der Waals surface area contributed by atoms with Crippen LogP contribution in [0.3, 0.4) is 0 Å². The summed E-state index contributed by atoms with van der Waals surface area (Å²) in [5.41, 5.74) is 10.9. The van der Waals surface area contributed by atoms with Crippen molar-refractivity contribution in [3.63, 3.8) is 0 Å². The van der Waals surface area contributed by atoms with Crippen LogP contribution in [-0.4, -0.2) is 0 Å². The van der Waals surface area contributed by atoms with Gasteiger partial charge in [-0.3, -0.25) is 0 Å². The Morgan fingerprint density at radius 3 is 1.45 bits per heavy atom. The summed E-state index contributed by atoms with van der Waals surface area (Å²) in [6.07, 6.45) is 0. The third-order valence-corrected chi connectivity index (χ3v) is 8.69. The van der Waals surface area contributed by atoms with Gasteiger partial charge >= 0.3 is 0 Å². The number of rotatable bonds is 5. The molecule has 1 nitrogen and oxygen atoms in total.